The molecule has 0 saturated carbocycles. The first-order chi connectivity index (χ1) is 9.63. The Balaban J connectivity index is 2.29. The van der Waals surface area contributed by atoms with Crippen molar-refractivity contribution < 1.29 is 9.59 Å². The fourth-order valence-corrected chi connectivity index (χ4v) is 2.39. The van der Waals surface area contributed by atoms with E-state index in [-0.39, 0.29) is 11.8 Å². The molecule has 2 aromatic carbocycles. The van der Waals surface area contributed by atoms with E-state index in [9.17, 15) is 9.59 Å². The van der Waals surface area contributed by atoms with E-state index in [1.54, 1.807) is 37.4 Å². The molecule has 2 rings (SSSR count). The molecule has 0 saturated heterocycles. The molecule has 0 aliphatic carbocycles. The van der Waals surface area contributed by atoms with Crippen LogP contribution in [-0.2, 0) is 0 Å². The van der Waals surface area contributed by atoms with E-state index in [1.807, 2.05) is 18.2 Å². The van der Waals surface area contributed by atoms with E-state index < -0.39 is 0 Å². The number of para-hydroxylation sites is 1. The molecule has 2 N–H and O–H groups in total. The van der Waals surface area contributed by atoms with Gasteiger partial charge < -0.3 is 10.6 Å². The molecular formula is C15H13IN2O2. The highest BCUT2D eigenvalue weighted by Crippen LogP contribution is 2.18. The number of nitrogens with one attached hydrogen (secondary N) is 2. The van der Waals surface area contributed by atoms with Crippen molar-refractivity contribution in [2.75, 3.05) is 12.4 Å². The van der Waals surface area contributed by atoms with Gasteiger partial charge in [-0.2, -0.15) is 0 Å². The van der Waals surface area contributed by atoms with Crippen LogP contribution in [0.5, 0.6) is 0 Å². The lowest BCUT2D eigenvalue weighted by Gasteiger charge is -2.10. The number of benzene rings is 2. The maximum absolute atomic E-state index is 12.3. The van der Waals surface area contributed by atoms with Gasteiger partial charge in [0.25, 0.3) is 11.8 Å². The first kappa shape index (κ1) is 14.5. The quantitative estimate of drug-likeness (QED) is 0.805. The van der Waals surface area contributed by atoms with E-state index in [1.165, 1.54) is 0 Å². The molecule has 2 amide bonds. The number of hydrogen-bond donors (Lipinski definition) is 2. The zero-order valence-electron chi connectivity index (χ0n) is 10.8. The average molecular weight is 380 g/mol. The summed E-state index contributed by atoms with van der Waals surface area (Å²) in [5, 5.41) is 5.33. The zero-order chi connectivity index (χ0) is 14.5. The van der Waals surface area contributed by atoms with E-state index in [2.05, 4.69) is 33.2 Å². The molecule has 102 valence electrons. The molecular weight excluding hydrogens is 367 g/mol. The van der Waals surface area contributed by atoms with Gasteiger partial charge in [0, 0.05) is 10.6 Å². The summed E-state index contributed by atoms with van der Waals surface area (Å²) in [5.41, 5.74) is 1.52. The topological polar surface area (TPSA) is 58.2 Å². The molecule has 4 nitrogen and oxygen atoms in total. The molecule has 0 aliphatic rings. The Morgan fingerprint density at radius 2 is 1.50 bits per heavy atom. The molecule has 0 bridgehead atoms. The lowest BCUT2D eigenvalue weighted by molar-refractivity contribution is 0.0964. The Labute approximate surface area is 130 Å². The van der Waals surface area contributed by atoms with Gasteiger partial charge in [-0.3, -0.25) is 9.59 Å². The van der Waals surface area contributed by atoms with Crippen molar-refractivity contribution >= 4 is 40.1 Å². The van der Waals surface area contributed by atoms with Crippen molar-refractivity contribution in [3.8, 4) is 0 Å². The molecule has 20 heavy (non-hydrogen) atoms. The van der Waals surface area contributed by atoms with Crippen LogP contribution in [0.3, 0.4) is 0 Å². The minimum Gasteiger partial charge on any atom is -0.355 e. The Hall–Kier alpha value is -1.89. The minimum absolute atomic E-state index is 0.230. The van der Waals surface area contributed by atoms with Gasteiger partial charge in [-0.15, -0.1) is 0 Å². The summed E-state index contributed by atoms with van der Waals surface area (Å²) in [7, 11) is 1.56. The number of anilines is 1. The standard InChI is InChI=1S/C15H13IN2O2/c1-17-14(19)11-7-3-5-9-13(11)18-15(20)10-6-2-4-8-12(10)16/h2-9H,1H3,(H,17,19)(H,18,20). The number of rotatable bonds is 3. The fraction of sp³-hybridized carbons (Fsp3) is 0.0667. The van der Waals surface area contributed by atoms with Gasteiger partial charge in [-0.1, -0.05) is 24.3 Å². The lowest BCUT2D eigenvalue weighted by atomic mass is 10.1. The normalized spacial score (nSPS) is 9.90. The largest absolute Gasteiger partial charge is 0.355 e. The molecule has 0 radical (unpaired) electrons. The lowest BCUT2D eigenvalue weighted by Crippen LogP contribution is -2.21. The summed E-state index contributed by atoms with van der Waals surface area (Å²) in [5.74, 6) is -0.463. The highest BCUT2D eigenvalue weighted by molar-refractivity contribution is 14.1. The smallest absolute Gasteiger partial charge is 0.256 e. The van der Waals surface area contributed by atoms with Crippen LogP contribution in [0.1, 0.15) is 20.7 Å². The van der Waals surface area contributed by atoms with Crippen molar-refractivity contribution in [2.24, 2.45) is 0 Å². The molecule has 2 aromatic rings. The van der Waals surface area contributed by atoms with Crippen molar-refractivity contribution in [3.05, 3.63) is 63.2 Å². The van der Waals surface area contributed by atoms with E-state index in [4.69, 9.17) is 0 Å². The summed E-state index contributed by atoms with van der Waals surface area (Å²) in [4.78, 5) is 24.0. The second-order valence-corrected chi connectivity index (χ2v) is 5.22. The number of halogens is 1. The molecule has 5 heteroatoms. The van der Waals surface area contributed by atoms with Crippen LogP contribution >= 0.6 is 22.6 Å². The number of hydrogen-bond acceptors (Lipinski definition) is 2. The van der Waals surface area contributed by atoms with Crippen molar-refractivity contribution in [3.63, 3.8) is 0 Å². The van der Waals surface area contributed by atoms with Crippen LogP contribution < -0.4 is 10.6 Å². The van der Waals surface area contributed by atoms with Crippen LogP contribution in [-0.4, -0.2) is 18.9 Å². The van der Waals surface area contributed by atoms with Gasteiger partial charge in [0.1, 0.15) is 0 Å². The Morgan fingerprint density at radius 1 is 0.900 bits per heavy atom. The van der Waals surface area contributed by atoms with Crippen LogP contribution in [0.2, 0.25) is 0 Å². The molecule has 0 spiro atoms. The summed E-state index contributed by atoms with van der Waals surface area (Å²) in [6.07, 6.45) is 0. The predicted octanol–water partition coefficient (Wildman–Crippen LogP) is 2.90. The van der Waals surface area contributed by atoms with Gasteiger partial charge in [-0.25, -0.2) is 0 Å². The van der Waals surface area contributed by atoms with Crippen molar-refractivity contribution in [1.29, 1.82) is 0 Å². The van der Waals surface area contributed by atoms with Crippen LogP contribution in [0, 0.1) is 3.57 Å². The number of carbonyl (C=O) groups excluding carboxylic acids is 2. The highest BCUT2D eigenvalue weighted by atomic mass is 127. The van der Waals surface area contributed by atoms with E-state index in [0.29, 0.717) is 16.8 Å². The Bertz CT molecular complexity index is 656. The Kier molecular flexibility index (Phi) is 4.73. The van der Waals surface area contributed by atoms with Gasteiger partial charge in [-0.05, 0) is 46.9 Å². The predicted molar refractivity (Wildman–Crippen MR) is 86.9 cm³/mol. The third kappa shape index (κ3) is 3.16. The molecule has 0 atom stereocenters. The van der Waals surface area contributed by atoms with Crippen LogP contribution in [0.25, 0.3) is 0 Å². The summed E-state index contributed by atoms with van der Waals surface area (Å²) >= 11 is 2.11. The summed E-state index contributed by atoms with van der Waals surface area (Å²) in [6, 6.07) is 14.2. The second kappa shape index (κ2) is 6.51. The maximum atomic E-state index is 12.3. The first-order valence-electron chi connectivity index (χ1n) is 6.00. The molecule has 0 aromatic heterocycles. The molecule has 0 heterocycles. The van der Waals surface area contributed by atoms with Crippen molar-refractivity contribution in [2.45, 2.75) is 0 Å². The average Bonchev–Trinajstić information content (AvgIpc) is 2.47. The molecule has 0 aliphatic heterocycles. The van der Waals surface area contributed by atoms with Gasteiger partial charge in [0.15, 0.2) is 0 Å². The maximum Gasteiger partial charge on any atom is 0.256 e. The number of amides is 2. The second-order valence-electron chi connectivity index (χ2n) is 4.06. The van der Waals surface area contributed by atoms with Gasteiger partial charge in [0.05, 0.1) is 16.8 Å². The third-order valence-electron chi connectivity index (χ3n) is 2.77. The van der Waals surface area contributed by atoms with E-state index in [0.717, 1.165) is 3.57 Å². The SMILES string of the molecule is CNC(=O)c1ccccc1NC(=O)c1ccccc1I. The fourth-order valence-electron chi connectivity index (χ4n) is 1.76. The first-order valence-corrected chi connectivity index (χ1v) is 7.08. The van der Waals surface area contributed by atoms with Gasteiger partial charge >= 0.3 is 0 Å². The number of carbonyl (C=O) groups is 2. The zero-order valence-corrected chi connectivity index (χ0v) is 13.0. The van der Waals surface area contributed by atoms with Crippen LogP contribution in [0.4, 0.5) is 5.69 Å². The minimum atomic E-state index is -0.233. The highest BCUT2D eigenvalue weighted by Gasteiger charge is 2.14. The monoisotopic (exact) mass is 380 g/mol. The summed E-state index contributed by atoms with van der Waals surface area (Å²) in [6.45, 7) is 0. The summed E-state index contributed by atoms with van der Waals surface area (Å²) < 4.78 is 0.861. The van der Waals surface area contributed by atoms with Crippen molar-refractivity contribution in [1.82, 2.24) is 5.32 Å². The Morgan fingerprint density at radius 3 is 2.15 bits per heavy atom. The van der Waals surface area contributed by atoms with Gasteiger partial charge in [0.2, 0.25) is 0 Å². The molecule has 0 fully saturated rings. The molecule has 0 unspecified atom stereocenters. The van der Waals surface area contributed by atoms with E-state index >= 15 is 0 Å². The third-order valence-corrected chi connectivity index (χ3v) is 3.71. The van der Waals surface area contributed by atoms with Crippen LogP contribution in [0.15, 0.2) is 48.5 Å².